The molecule has 2 atom stereocenters. The molecule has 2 N–H and O–H groups in total. The van der Waals surface area contributed by atoms with Crippen LogP contribution in [0.3, 0.4) is 0 Å². The topological polar surface area (TPSA) is 52.6 Å². The fourth-order valence-electron chi connectivity index (χ4n) is 2.34. The number of aliphatic hydroxyl groups is 1. The molecule has 0 spiro atoms. The molecule has 1 fully saturated rings. The maximum absolute atomic E-state index is 12.5. The molecule has 1 aromatic rings. The van der Waals surface area contributed by atoms with Gasteiger partial charge in [0.05, 0.1) is 12.1 Å². The van der Waals surface area contributed by atoms with Gasteiger partial charge in [0.2, 0.25) is 5.91 Å². The summed E-state index contributed by atoms with van der Waals surface area (Å²) in [6.45, 7) is 4.12. The van der Waals surface area contributed by atoms with Gasteiger partial charge in [-0.05, 0) is 35.2 Å². The second-order valence-electron chi connectivity index (χ2n) is 5.10. The smallest absolute Gasteiger partial charge is 0.240 e. The molecule has 1 aliphatic rings. The van der Waals surface area contributed by atoms with Crippen LogP contribution < -0.4 is 5.32 Å². The number of unbranched alkanes of at least 4 members (excludes halogenated alkanes) is 1. The summed E-state index contributed by atoms with van der Waals surface area (Å²) in [5, 5.41) is 16.8. The fraction of sp³-hybridized carbons (Fsp3) is 0.643. The predicted octanol–water partition coefficient (Wildman–Crippen LogP) is 2.02. The lowest BCUT2D eigenvalue weighted by Gasteiger charge is -2.25. The minimum Gasteiger partial charge on any atom is -0.392 e. The van der Waals surface area contributed by atoms with Gasteiger partial charge in [0.25, 0.3) is 0 Å². The minimum atomic E-state index is -0.386. The first-order valence-electron chi connectivity index (χ1n) is 6.92. The Morgan fingerprint density at radius 1 is 1.60 bits per heavy atom. The van der Waals surface area contributed by atoms with E-state index >= 15 is 0 Å². The van der Waals surface area contributed by atoms with E-state index in [1.54, 1.807) is 11.3 Å². The van der Waals surface area contributed by atoms with Gasteiger partial charge >= 0.3 is 0 Å². The van der Waals surface area contributed by atoms with Gasteiger partial charge in [0, 0.05) is 19.6 Å². The Morgan fingerprint density at radius 3 is 2.95 bits per heavy atom. The average molecular weight is 319 g/mol. The van der Waals surface area contributed by atoms with Crippen molar-refractivity contribution in [3.05, 3.63) is 22.4 Å². The molecule has 20 heavy (non-hydrogen) atoms. The number of β-amino-alcohol motifs (C(OH)–C–C–N with tert-alkyl or cyclic N) is 1. The number of carbonyl (C=O) groups is 1. The molecule has 1 saturated heterocycles. The Hall–Kier alpha value is -0.620. The number of nitrogens with one attached hydrogen (secondary N) is 1. The van der Waals surface area contributed by atoms with E-state index in [1.807, 2.05) is 10.3 Å². The van der Waals surface area contributed by atoms with Gasteiger partial charge in [-0.25, -0.2) is 0 Å². The Kier molecular flexibility index (Phi) is 7.51. The molecule has 0 unspecified atom stereocenters. The number of nitrogens with zero attached hydrogens (tertiary/aromatic N) is 1. The fourth-order valence-corrected chi connectivity index (χ4v) is 3.00. The number of hydrogen-bond donors (Lipinski definition) is 2. The predicted molar refractivity (Wildman–Crippen MR) is 84.3 cm³/mol. The first-order chi connectivity index (χ1) is 9.20. The zero-order chi connectivity index (χ0) is 13.7. The van der Waals surface area contributed by atoms with Crippen molar-refractivity contribution in [1.82, 2.24) is 10.2 Å². The van der Waals surface area contributed by atoms with Crippen molar-refractivity contribution in [2.75, 3.05) is 13.1 Å². The molecule has 0 radical (unpaired) electrons. The lowest BCUT2D eigenvalue weighted by molar-refractivity contribution is -0.134. The molecule has 4 nitrogen and oxygen atoms in total. The summed E-state index contributed by atoms with van der Waals surface area (Å²) < 4.78 is 0. The van der Waals surface area contributed by atoms with Crippen LogP contribution in [0.5, 0.6) is 0 Å². The number of thiophene rings is 1. The van der Waals surface area contributed by atoms with E-state index in [-0.39, 0.29) is 30.5 Å². The zero-order valence-electron chi connectivity index (χ0n) is 11.7. The number of hydrogen-bond acceptors (Lipinski definition) is 4. The van der Waals surface area contributed by atoms with Gasteiger partial charge in [-0.1, -0.05) is 13.3 Å². The standard InChI is InChI=1S/C14H22N2O2S.ClH/c1-2-3-5-16(9-11-4-6-19-10-11)14(18)13-7-12(17)8-15-13;/h4,6,10,12-13,15,17H,2-3,5,7-9H2,1H3;1H/t12-,13-;/m1./s1. The second kappa shape index (κ2) is 8.62. The van der Waals surface area contributed by atoms with E-state index in [4.69, 9.17) is 0 Å². The van der Waals surface area contributed by atoms with Crippen LogP contribution in [0.1, 0.15) is 31.7 Å². The van der Waals surface area contributed by atoms with Crippen LogP contribution >= 0.6 is 23.7 Å². The van der Waals surface area contributed by atoms with Crippen molar-refractivity contribution in [3.8, 4) is 0 Å². The lowest BCUT2D eigenvalue weighted by Crippen LogP contribution is -2.43. The van der Waals surface area contributed by atoms with E-state index in [1.165, 1.54) is 5.56 Å². The molecule has 0 bridgehead atoms. The monoisotopic (exact) mass is 318 g/mol. The van der Waals surface area contributed by atoms with Crippen molar-refractivity contribution in [2.24, 2.45) is 0 Å². The lowest BCUT2D eigenvalue weighted by atomic mass is 10.1. The van der Waals surface area contributed by atoms with Gasteiger partial charge in [-0.3, -0.25) is 4.79 Å². The highest BCUT2D eigenvalue weighted by atomic mass is 35.5. The summed E-state index contributed by atoms with van der Waals surface area (Å²) in [6.07, 6.45) is 2.24. The second-order valence-corrected chi connectivity index (χ2v) is 5.88. The summed E-state index contributed by atoms with van der Waals surface area (Å²) in [4.78, 5) is 14.4. The molecule has 1 amide bonds. The van der Waals surface area contributed by atoms with Crippen LogP contribution in [-0.4, -0.2) is 41.1 Å². The van der Waals surface area contributed by atoms with E-state index < -0.39 is 0 Å². The summed E-state index contributed by atoms with van der Waals surface area (Å²) >= 11 is 1.66. The average Bonchev–Trinajstić information content (AvgIpc) is 3.05. The number of carbonyl (C=O) groups excluding carboxylic acids is 1. The maximum Gasteiger partial charge on any atom is 0.240 e. The van der Waals surface area contributed by atoms with Crippen molar-refractivity contribution in [2.45, 2.75) is 44.9 Å². The van der Waals surface area contributed by atoms with Crippen LogP contribution in [0.2, 0.25) is 0 Å². The van der Waals surface area contributed by atoms with Gasteiger partial charge < -0.3 is 15.3 Å². The molecule has 2 rings (SSSR count). The van der Waals surface area contributed by atoms with Crippen LogP contribution in [0.4, 0.5) is 0 Å². The van der Waals surface area contributed by atoms with Crippen molar-refractivity contribution >= 4 is 29.7 Å². The zero-order valence-corrected chi connectivity index (χ0v) is 13.4. The molecule has 1 aromatic heterocycles. The van der Waals surface area contributed by atoms with E-state index in [0.717, 1.165) is 19.4 Å². The molecule has 0 saturated carbocycles. The van der Waals surface area contributed by atoms with Gasteiger partial charge in [0.1, 0.15) is 0 Å². The number of rotatable bonds is 6. The number of aliphatic hydroxyl groups excluding tert-OH is 1. The molecule has 0 aromatic carbocycles. The quantitative estimate of drug-likeness (QED) is 0.844. The summed E-state index contributed by atoms with van der Waals surface area (Å²) in [7, 11) is 0. The van der Waals surface area contributed by atoms with Crippen molar-refractivity contribution in [3.63, 3.8) is 0 Å². The van der Waals surface area contributed by atoms with Crippen molar-refractivity contribution < 1.29 is 9.90 Å². The molecular weight excluding hydrogens is 296 g/mol. The number of amides is 1. The normalized spacial score (nSPS) is 21.5. The molecule has 114 valence electrons. The van der Waals surface area contributed by atoms with E-state index in [2.05, 4.69) is 23.7 Å². The first kappa shape index (κ1) is 17.4. The van der Waals surface area contributed by atoms with Gasteiger partial charge in [-0.15, -0.1) is 12.4 Å². The number of halogens is 1. The highest BCUT2D eigenvalue weighted by molar-refractivity contribution is 7.07. The highest BCUT2D eigenvalue weighted by Crippen LogP contribution is 2.15. The van der Waals surface area contributed by atoms with Gasteiger partial charge in [-0.2, -0.15) is 11.3 Å². The molecule has 1 aliphatic heterocycles. The van der Waals surface area contributed by atoms with Gasteiger partial charge in [0.15, 0.2) is 0 Å². The summed E-state index contributed by atoms with van der Waals surface area (Å²) in [6, 6.07) is 1.85. The Balaban J connectivity index is 0.00000200. The molecule has 2 heterocycles. The third-order valence-electron chi connectivity index (χ3n) is 3.45. The third kappa shape index (κ3) is 4.74. The van der Waals surface area contributed by atoms with E-state index in [0.29, 0.717) is 19.5 Å². The largest absolute Gasteiger partial charge is 0.392 e. The Labute approximate surface area is 130 Å². The Morgan fingerprint density at radius 2 is 2.40 bits per heavy atom. The summed E-state index contributed by atoms with van der Waals surface area (Å²) in [5.74, 6) is 0.121. The van der Waals surface area contributed by atoms with Crippen LogP contribution in [0.25, 0.3) is 0 Å². The maximum atomic E-state index is 12.5. The third-order valence-corrected chi connectivity index (χ3v) is 4.18. The van der Waals surface area contributed by atoms with E-state index in [9.17, 15) is 9.90 Å². The SMILES string of the molecule is CCCCN(Cc1ccsc1)C(=O)[C@H]1C[C@@H](O)CN1.Cl. The minimum absolute atomic E-state index is 0. The highest BCUT2D eigenvalue weighted by Gasteiger charge is 2.31. The first-order valence-corrected chi connectivity index (χ1v) is 7.86. The molecular formula is C14H23ClN2O2S. The molecule has 6 heteroatoms. The summed E-state index contributed by atoms with van der Waals surface area (Å²) in [5.41, 5.74) is 1.19. The van der Waals surface area contributed by atoms with Crippen LogP contribution in [0, 0.1) is 0 Å². The Bertz CT molecular complexity index is 400. The van der Waals surface area contributed by atoms with Crippen molar-refractivity contribution in [1.29, 1.82) is 0 Å². The van der Waals surface area contributed by atoms with Crippen LogP contribution in [0.15, 0.2) is 16.8 Å². The molecule has 0 aliphatic carbocycles. The van der Waals surface area contributed by atoms with Crippen LogP contribution in [-0.2, 0) is 11.3 Å².